The number of rotatable bonds is 6. The van der Waals surface area contributed by atoms with E-state index in [0.29, 0.717) is 17.1 Å². The number of imidazole rings is 1. The highest BCUT2D eigenvalue weighted by molar-refractivity contribution is 7.99. The highest BCUT2D eigenvalue weighted by atomic mass is 32.2. The number of amides is 2. The molecule has 9 heteroatoms. The molecule has 0 spiro atoms. The van der Waals surface area contributed by atoms with Gasteiger partial charge >= 0.3 is 0 Å². The van der Waals surface area contributed by atoms with Crippen LogP contribution in [0.3, 0.4) is 0 Å². The van der Waals surface area contributed by atoms with Crippen LogP contribution in [0.25, 0.3) is 0 Å². The summed E-state index contributed by atoms with van der Waals surface area (Å²) in [7, 11) is 3.65. The zero-order valence-electron chi connectivity index (χ0n) is 14.3. The first-order valence-corrected chi connectivity index (χ1v) is 8.81. The second-order valence-corrected chi connectivity index (χ2v) is 6.51. The maximum absolute atomic E-state index is 12.2. The standard InChI is InChI=1S/C17H18N6O2S/c1-22-10-8-18-17(22)26-11-15(24)19-13-5-3-12(4-6-13)16(25)20-14-7-9-23(2)21-14/h3-10H,11H2,1-2H3,(H,19,24)(H,20,21,25). The minimum atomic E-state index is -0.257. The number of thioether (sulfide) groups is 1. The molecule has 134 valence electrons. The van der Waals surface area contributed by atoms with E-state index in [0.717, 1.165) is 5.16 Å². The van der Waals surface area contributed by atoms with Crippen LogP contribution in [0, 0.1) is 0 Å². The van der Waals surface area contributed by atoms with Crippen LogP contribution in [0.2, 0.25) is 0 Å². The number of carbonyl (C=O) groups excluding carboxylic acids is 2. The fourth-order valence-electron chi connectivity index (χ4n) is 2.19. The van der Waals surface area contributed by atoms with E-state index < -0.39 is 0 Å². The summed E-state index contributed by atoms with van der Waals surface area (Å²) in [5, 5.41) is 10.4. The molecule has 2 aromatic heterocycles. The van der Waals surface area contributed by atoms with Gasteiger partial charge in [-0.05, 0) is 24.3 Å². The van der Waals surface area contributed by atoms with Crippen molar-refractivity contribution in [2.24, 2.45) is 14.1 Å². The maximum atomic E-state index is 12.2. The van der Waals surface area contributed by atoms with Crippen LogP contribution in [0.4, 0.5) is 11.5 Å². The van der Waals surface area contributed by atoms with Crippen molar-refractivity contribution in [3.05, 3.63) is 54.5 Å². The predicted octanol–water partition coefficient (Wildman–Crippen LogP) is 2.14. The monoisotopic (exact) mass is 370 g/mol. The molecule has 0 bridgehead atoms. The number of aryl methyl sites for hydroxylation is 2. The zero-order chi connectivity index (χ0) is 18.5. The Morgan fingerprint density at radius 2 is 1.85 bits per heavy atom. The first-order chi connectivity index (χ1) is 12.5. The van der Waals surface area contributed by atoms with Crippen LogP contribution in [0.15, 0.2) is 54.1 Å². The number of hydrogen-bond acceptors (Lipinski definition) is 5. The highest BCUT2D eigenvalue weighted by Crippen LogP contribution is 2.16. The lowest BCUT2D eigenvalue weighted by molar-refractivity contribution is -0.113. The highest BCUT2D eigenvalue weighted by Gasteiger charge is 2.09. The fraction of sp³-hybridized carbons (Fsp3) is 0.176. The van der Waals surface area contributed by atoms with Crippen LogP contribution in [-0.4, -0.2) is 36.9 Å². The van der Waals surface area contributed by atoms with Crippen molar-refractivity contribution in [2.45, 2.75) is 5.16 Å². The lowest BCUT2D eigenvalue weighted by Crippen LogP contribution is -2.15. The van der Waals surface area contributed by atoms with Crippen LogP contribution in [0.1, 0.15) is 10.4 Å². The summed E-state index contributed by atoms with van der Waals surface area (Å²) in [6.45, 7) is 0. The minimum absolute atomic E-state index is 0.135. The van der Waals surface area contributed by atoms with E-state index in [1.165, 1.54) is 11.8 Å². The number of benzene rings is 1. The molecule has 0 radical (unpaired) electrons. The first-order valence-electron chi connectivity index (χ1n) is 7.82. The van der Waals surface area contributed by atoms with E-state index in [1.54, 1.807) is 54.5 Å². The quantitative estimate of drug-likeness (QED) is 0.649. The van der Waals surface area contributed by atoms with Gasteiger partial charge in [-0.2, -0.15) is 5.10 Å². The van der Waals surface area contributed by atoms with Gasteiger partial charge in [0, 0.05) is 50.0 Å². The van der Waals surface area contributed by atoms with E-state index in [1.807, 2.05) is 17.8 Å². The summed E-state index contributed by atoms with van der Waals surface area (Å²) < 4.78 is 3.46. The largest absolute Gasteiger partial charge is 0.329 e. The smallest absolute Gasteiger partial charge is 0.256 e. The molecule has 2 heterocycles. The molecule has 3 aromatic rings. The van der Waals surface area contributed by atoms with E-state index in [2.05, 4.69) is 20.7 Å². The Labute approximate surface area is 154 Å². The molecular weight excluding hydrogens is 352 g/mol. The van der Waals surface area contributed by atoms with E-state index in [-0.39, 0.29) is 17.6 Å². The summed E-state index contributed by atoms with van der Waals surface area (Å²) in [6, 6.07) is 8.40. The fourth-order valence-corrected chi connectivity index (χ4v) is 2.93. The number of hydrogen-bond donors (Lipinski definition) is 2. The molecule has 0 unspecified atom stereocenters. The molecule has 8 nitrogen and oxygen atoms in total. The Morgan fingerprint density at radius 3 is 2.46 bits per heavy atom. The van der Waals surface area contributed by atoms with Crippen LogP contribution in [-0.2, 0) is 18.9 Å². The summed E-state index contributed by atoms with van der Waals surface area (Å²) in [4.78, 5) is 28.3. The predicted molar refractivity (Wildman–Crippen MR) is 100 cm³/mol. The first kappa shape index (κ1) is 17.7. The molecule has 0 fully saturated rings. The number of nitrogens with one attached hydrogen (secondary N) is 2. The van der Waals surface area contributed by atoms with Gasteiger partial charge in [-0.1, -0.05) is 11.8 Å². The van der Waals surface area contributed by atoms with E-state index in [9.17, 15) is 9.59 Å². The van der Waals surface area contributed by atoms with Crippen molar-refractivity contribution in [3.8, 4) is 0 Å². The van der Waals surface area contributed by atoms with Gasteiger partial charge < -0.3 is 15.2 Å². The third-order valence-corrected chi connectivity index (χ3v) is 4.55. The van der Waals surface area contributed by atoms with Gasteiger partial charge in [-0.15, -0.1) is 0 Å². The molecule has 2 N–H and O–H groups in total. The number of aromatic nitrogens is 4. The van der Waals surface area contributed by atoms with Gasteiger partial charge in [0.1, 0.15) is 0 Å². The summed E-state index contributed by atoms with van der Waals surface area (Å²) >= 11 is 1.36. The molecule has 0 aliphatic rings. The topological polar surface area (TPSA) is 93.8 Å². The Morgan fingerprint density at radius 1 is 1.08 bits per heavy atom. The normalized spacial score (nSPS) is 10.5. The molecule has 3 rings (SSSR count). The second kappa shape index (κ2) is 7.87. The number of nitrogens with zero attached hydrogens (tertiary/aromatic N) is 4. The Bertz CT molecular complexity index is 915. The third-order valence-electron chi connectivity index (χ3n) is 3.50. The van der Waals surface area contributed by atoms with Gasteiger partial charge in [0.05, 0.1) is 5.75 Å². The Hall–Kier alpha value is -3.07. The van der Waals surface area contributed by atoms with Gasteiger partial charge in [0.15, 0.2) is 11.0 Å². The molecule has 0 atom stereocenters. The molecular formula is C17H18N6O2S. The average Bonchev–Trinajstić information content (AvgIpc) is 3.21. The SMILES string of the molecule is Cn1ccc(NC(=O)c2ccc(NC(=O)CSc3nccn3C)cc2)n1. The lowest BCUT2D eigenvalue weighted by Gasteiger charge is -2.07. The van der Waals surface area contributed by atoms with Crippen LogP contribution >= 0.6 is 11.8 Å². The zero-order valence-corrected chi connectivity index (χ0v) is 15.2. The van der Waals surface area contributed by atoms with Crippen molar-refractivity contribution < 1.29 is 9.59 Å². The van der Waals surface area contributed by atoms with Crippen molar-refractivity contribution in [3.63, 3.8) is 0 Å². The Kier molecular flexibility index (Phi) is 5.37. The summed E-state index contributed by atoms with van der Waals surface area (Å²) in [6.07, 6.45) is 5.27. The maximum Gasteiger partial charge on any atom is 0.256 e. The third kappa shape index (κ3) is 4.51. The van der Waals surface area contributed by atoms with Crippen molar-refractivity contribution >= 4 is 35.1 Å². The molecule has 0 saturated carbocycles. The Balaban J connectivity index is 1.52. The van der Waals surface area contributed by atoms with Gasteiger partial charge in [-0.25, -0.2) is 4.98 Å². The van der Waals surface area contributed by atoms with Crippen molar-refractivity contribution in [1.82, 2.24) is 19.3 Å². The molecule has 0 saturated heterocycles. The van der Waals surface area contributed by atoms with Gasteiger partial charge in [-0.3, -0.25) is 14.3 Å². The average molecular weight is 370 g/mol. The number of anilines is 2. The molecule has 2 amide bonds. The molecule has 0 aliphatic carbocycles. The van der Waals surface area contributed by atoms with Gasteiger partial charge in [0.25, 0.3) is 5.91 Å². The van der Waals surface area contributed by atoms with Crippen molar-refractivity contribution in [1.29, 1.82) is 0 Å². The van der Waals surface area contributed by atoms with Crippen molar-refractivity contribution in [2.75, 3.05) is 16.4 Å². The van der Waals surface area contributed by atoms with Gasteiger partial charge in [0.2, 0.25) is 5.91 Å². The molecule has 1 aromatic carbocycles. The summed E-state index contributed by atoms with van der Waals surface area (Å²) in [5.41, 5.74) is 1.11. The summed E-state index contributed by atoms with van der Waals surface area (Å²) in [5.74, 6) is 0.351. The minimum Gasteiger partial charge on any atom is -0.329 e. The lowest BCUT2D eigenvalue weighted by atomic mass is 10.2. The number of carbonyl (C=O) groups is 2. The molecule has 26 heavy (non-hydrogen) atoms. The van der Waals surface area contributed by atoms with E-state index in [4.69, 9.17) is 0 Å². The second-order valence-electron chi connectivity index (χ2n) is 5.56. The van der Waals surface area contributed by atoms with E-state index >= 15 is 0 Å². The van der Waals surface area contributed by atoms with Crippen LogP contribution < -0.4 is 10.6 Å². The molecule has 0 aliphatic heterocycles. The van der Waals surface area contributed by atoms with Crippen LogP contribution in [0.5, 0.6) is 0 Å².